The second kappa shape index (κ2) is 7.38. The zero-order valence-corrected chi connectivity index (χ0v) is 13.7. The van der Waals surface area contributed by atoms with E-state index in [0.29, 0.717) is 16.3 Å². The molecule has 0 bridgehead atoms. The predicted octanol–water partition coefficient (Wildman–Crippen LogP) is 4.69. The van der Waals surface area contributed by atoms with Crippen LogP contribution in [0, 0.1) is 21.4 Å². The number of nitriles is 1. The molecule has 3 rings (SSSR count). The number of anilines is 1. The second-order valence-electron chi connectivity index (χ2n) is 5.02. The Morgan fingerprint density at radius 3 is 2.56 bits per heavy atom. The zero-order valence-electron chi connectivity index (χ0n) is 12.9. The number of aromatic nitrogens is 1. The van der Waals surface area contributed by atoms with Crippen LogP contribution in [0.15, 0.2) is 66.2 Å². The number of nitro groups is 1. The van der Waals surface area contributed by atoms with Crippen molar-refractivity contribution in [3.63, 3.8) is 0 Å². The number of allylic oxidation sites excluding steroid dienone is 1. The second-order valence-corrected chi connectivity index (χ2v) is 5.88. The highest BCUT2D eigenvalue weighted by Gasteiger charge is 2.09. The fourth-order valence-electron chi connectivity index (χ4n) is 2.12. The van der Waals surface area contributed by atoms with Gasteiger partial charge in [0.25, 0.3) is 5.69 Å². The van der Waals surface area contributed by atoms with Gasteiger partial charge in [-0.25, -0.2) is 4.98 Å². The highest BCUT2D eigenvalue weighted by atomic mass is 32.1. The lowest BCUT2D eigenvalue weighted by molar-refractivity contribution is -0.384. The molecule has 0 fully saturated rings. The van der Waals surface area contributed by atoms with Crippen molar-refractivity contribution in [2.45, 2.75) is 0 Å². The van der Waals surface area contributed by atoms with Crippen molar-refractivity contribution >= 4 is 28.3 Å². The normalized spacial score (nSPS) is 10.9. The highest BCUT2D eigenvalue weighted by molar-refractivity contribution is 7.11. The molecular formula is C18H12N4O2S. The summed E-state index contributed by atoms with van der Waals surface area (Å²) in [6.07, 6.45) is 1.55. The molecule has 0 atom stereocenters. The Hall–Kier alpha value is -3.50. The van der Waals surface area contributed by atoms with Crippen LogP contribution in [0.3, 0.4) is 0 Å². The first-order chi connectivity index (χ1) is 12.2. The van der Waals surface area contributed by atoms with Crippen LogP contribution in [-0.4, -0.2) is 9.91 Å². The first-order valence-corrected chi connectivity index (χ1v) is 8.18. The van der Waals surface area contributed by atoms with Gasteiger partial charge in [0, 0.05) is 35.0 Å². The maximum absolute atomic E-state index is 10.7. The van der Waals surface area contributed by atoms with E-state index in [1.54, 1.807) is 18.3 Å². The minimum absolute atomic E-state index is 0.0162. The van der Waals surface area contributed by atoms with Crippen molar-refractivity contribution in [2.75, 3.05) is 5.32 Å². The molecule has 0 aliphatic heterocycles. The van der Waals surface area contributed by atoms with E-state index < -0.39 is 4.92 Å². The largest absolute Gasteiger partial charge is 0.360 e. The smallest absolute Gasteiger partial charge is 0.269 e. The van der Waals surface area contributed by atoms with Gasteiger partial charge in [0.15, 0.2) is 0 Å². The molecule has 0 saturated carbocycles. The first-order valence-electron chi connectivity index (χ1n) is 7.30. The molecule has 6 nitrogen and oxygen atoms in total. The lowest BCUT2D eigenvalue weighted by Crippen LogP contribution is -1.92. The Morgan fingerprint density at radius 2 is 1.92 bits per heavy atom. The molecule has 1 N–H and O–H groups in total. The molecular weight excluding hydrogens is 336 g/mol. The van der Waals surface area contributed by atoms with E-state index in [1.807, 2.05) is 35.7 Å². The molecule has 0 radical (unpaired) electrons. The molecule has 0 aliphatic rings. The standard InChI is InChI=1S/C18H12N4O2S/c19-10-14(11-20-15-6-8-16(9-7-15)22(23)24)18-21-17(12-25-18)13-4-2-1-3-5-13/h1-9,11-12,20H. The number of thiazole rings is 1. The summed E-state index contributed by atoms with van der Waals surface area (Å²) in [5, 5.41) is 25.5. The number of non-ortho nitro benzene ring substituents is 1. The Morgan fingerprint density at radius 1 is 1.20 bits per heavy atom. The quantitative estimate of drug-likeness (QED) is 0.410. The molecule has 122 valence electrons. The summed E-state index contributed by atoms with van der Waals surface area (Å²) in [6, 6.07) is 17.8. The molecule has 0 spiro atoms. The number of nitro benzene ring substituents is 1. The molecule has 7 heteroatoms. The summed E-state index contributed by atoms with van der Waals surface area (Å²) >= 11 is 1.39. The van der Waals surface area contributed by atoms with Crippen molar-refractivity contribution < 1.29 is 4.92 Å². The SMILES string of the molecule is N#CC(=CNc1ccc([N+](=O)[O-])cc1)c1nc(-c2ccccc2)cs1. The number of nitrogens with zero attached hydrogens (tertiary/aromatic N) is 3. The van der Waals surface area contributed by atoms with E-state index in [4.69, 9.17) is 0 Å². The maximum Gasteiger partial charge on any atom is 0.269 e. The Kier molecular flexibility index (Phi) is 4.83. The van der Waals surface area contributed by atoms with Crippen LogP contribution in [-0.2, 0) is 0 Å². The van der Waals surface area contributed by atoms with Crippen molar-refractivity contribution in [3.8, 4) is 17.3 Å². The van der Waals surface area contributed by atoms with E-state index in [-0.39, 0.29) is 5.69 Å². The van der Waals surface area contributed by atoms with Crippen LogP contribution in [0.25, 0.3) is 16.8 Å². The van der Waals surface area contributed by atoms with Gasteiger partial charge in [-0.05, 0) is 12.1 Å². The van der Waals surface area contributed by atoms with Gasteiger partial charge in [0.1, 0.15) is 16.6 Å². The average Bonchev–Trinajstić information content (AvgIpc) is 3.13. The number of hydrogen-bond acceptors (Lipinski definition) is 6. The predicted molar refractivity (Wildman–Crippen MR) is 97.9 cm³/mol. The van der Waals surface area contributed by atoms with E-state index in [9.17, 15) is 15.4 Å². The molecule has 0 aliphatic carbocycles. The fourth-order valence-corrected chi connectivity index (χ4v) is 2.91. The Labute approximate surface area is 147 Å². The number of hydrogen-bond donors (Lipinski definition) is 1. The van der Waals surface area contributed by atoms with Gasteiger partial charge < -0.3 is 5.32 Å². The molecule has 3 aromatic rings. The first kappa shape index (κ1) is 16.4. The number of nitrogens with one attached hydrogen (secondary N) is 1. The van der Waals surface area contributed by atoms with Crippen LogP contribution in [0.1, 0.15) is 5.01 Å². The van der Waals surface area contributed by atoms with Crippen LogP contribution in [0.5, 0.6) is 0 Å². The van der Waals surface area contributed by atoms with E-state index in [2.05, 4.69) is 16.4 Å². The summed E-state index contributed by atoms with van der Waals surface area (Å²) in [5.41, 5.74) is 2.87. The monoisotopic (exact) mass is 348 g/mol. The third kappa shape index (κ3) is 3.88. The van der Waals surface area contributed by atoms with Gasteiger partial charge in [-0.2, -0.15) is 5.26 Å². The summed E-state index contributed by atoms with van der Waals surface area (Å²) in [6.45, 7) is 0. The number of rotatable bonds is 5. The topological polar surface area (TPSA) is 91.8 Å². The van der Waals surface area contributed by atoms with Gasteiger partial charge in [0.2, 0.25) is 0 Å². The molecule has 0 unspecified atom stereocenters. The minimum Gasteiger partial charge on any atom is -0.360 e. The molecule has 1 aromatic heterocycles. The average molecular weight is 348 g/mol. The lowest BCUT2D eigenvalue weighted by Gasteiger charge is -2.01. The summed E-state index contributed by atoms with van der Waals surface area (Å²) in [4.78, 5) is 14.7. The van der Waals surface area contributed by atoms with E-state index in [0.717, 1.165) is 11.3 Å². The van der Waals surface area contributed by atoms with Crippen molar-refractivity contribution in [1.29, 1.82) is 5.26 Å². The van der Waals surface area contributed by atoms with Gasteiger partial charge in [-0.3, -0.25) is 10.1 Å². The molecule has 25 heavy (non-hydrogen) atoms. The van der Waals surface area contributed by atoms with Crippen LogP contribution >= 0.6 is 11.3 Å². The van der Waals surface area contributed by atoms with Crippen LogP contribution in [0.2, 0.25) is 0 Å². The molecule has 0 saturated heterocycles. The lowest BCUT2D eigenvalue weighted by atomic mass is 10.2. The maximum atomic E-state index is 10.7. The molecule has 0 amide bonds. The molecule has 1 heterocycles. The van der Waals surface area contributed by atoms with Gasteiger partial charge in [0.05, 0.1) is 10.6 Å². The summed E-state index contributed by atoms with van der Waals surface area (Å²) in [7, 11) is 0. The Bertz CT molecular complexity index is 957. The van der Waals surface area contributed by atoms with Crippen molar-refractivity contribution in [1.82, 2.24) is 4.98 Å². The van der Waals surface area contributed by atoms with E-state index >= 15 is 0 Å². The van der Waals surface area contributed by atoms with Crippen LogP contribution in [0.4, 0.5) is 11.4 Å². The Balaban J connectivity index is 1.78. The van der Waals surface area contributed by atoms with Gasteiger partial charge in [-0.1, -0.05) is 30.3 Å². The zero-order chi connectivity index (χ0) is 17.6. The van der Waals surface area contributed by atoms with E-state index in [1.165, 1.54) is 23.5 Å². The van der Waals surface area contributed by atoms with Gasteiger partial charge >= 0.3 is 0 Å². The third-order valence-corrected chi connectivity index (χ3v) is 4.26. The van der Waals surface area contributed by atoms with Crippen LogP contribution < -0.4 is 5.32 Å². The third-order valence-electron chi connectivity index (χ3n) is 3.39. The summed E-state index contributed by atoms with van der Waals surface area (Å²) < 4.78 is 0. The number of benzene rings is 2. The van der Waals surface area contributed by atoms with Crippen molar-refractivity contribution in [2.24, 2.45) is 0 Å². The van der Waals surface area contributed by atoms with Crippen molar-refractivity contribution in [3.05, 3.63) is 81.3 Å². The minimum atomic E-state index is -0.457. The molecule has 2 aromatic carbocycles. The summed E-state index contributed by atoms with van der Waals surface area (Å²) in [5.74, 6) is 0. The fraction of sp³-hybridized carbons (Fsp3) is 0. The van der Waals surface area contributed by atoms with Gasteiger partial charge in [-0.15, -0.1) is 11.3 Å². The highest BCUT2D eigenvalue weighted by Crippen LogP contribution is 2.26.